The molecule has 0 spiro atoms. The van der Waals surface area contributed by atoms with Crippen LogP contribution < -0.4 is 16.4 Å². The summed E-state index contributed by atoms with van der Waals surface area (Å²) < 4.78 is 2.46. The standard InChI is InChI=1S/C31H23BN2/c1-30(2)19-10-7-11-20-26(19)32-27-21(30)12-8-14-24(27)34-23-13-6-5-9-18(23)25-17(16-33)15-22(31(20,3)4)28(32)29(25)34/h5-15H,1-4H3. The van der Waals surface area contributed by atoms with E-state index >= 15 is 0 Å². The predicted molar refractivity (Wildman–Crippen MR) is 141 cm³/mol. The second-order valence-electron chi connectivity index (χ2n) is 11.3. The molecule has 3 heteroatoms. The summed E-state index contributed by atoms with van der Waals surface area (Å²) in [5, 5.41) is 12.6. The van der Waals surface area contributed by atoms with Crippen LogP contribution in [0, 0.1) is 11.3 Å². The maximum atomic E-state index is 10.3. The third kappa shape index (κ3) is 1.76. The van der Waals surface area contributed by atoms with E-state index in [1.54, 1.807) is 0 Å². The fourth-order valence-corrected chi connectivity index (χ4v) is 7.62. The van der Waals surface area contributed by atoms with Crippen LogP contribution in [-0.4, -0.2) is 11.3 Å². The Morgan fingerprint density at radius 3 is 2.12 bits per heavy atom. The highest BCUT2D eigenvalue weighted by molar-refractivity contribution is 7.00. The number of fused-ring (bicyclic) bond motifs is 4. The Balaban J connectivity index is 1.75. The average molecular weight is 434 g/mol. The van der Waals surface area contributed by atoms with Gasteiger partial charge in [0.1, 0.15) is 0 Å². The van der Waals surface area contributed by atoms with E-state index < -0.39 is 0 Å². The van der Waals surface area contributed by atoms with Gasteiger partial charge in [-0.15, -0.1) is 0 Å². The van der Waals surface area contributed by atoms with Crippen LogP contribution in [0.4, 0.5) is 0 Å². The number of hydrogen-bond donors (Lipinski definition) is 0. The van der Waals surface area contributed by atoms with Crippen molar-refractivity contribution in [1.29, 1.82) is 5.26 Å². The Labute approximate surface area is 199 Å². The summed E-state index contributed by atoms with van der Waals surface area (Å²) in [4.78, 5) is 0. The Kier molecular flexibility index (Phi) is 3.00. The monoisotopic (exact) mass is 434 g/mol. The van der Waals surface area contributed by atoms with Gasteiger partial charge in [0.05, 0.1) is 22.7 Å². The fourth-order valence-electron chi connectivity index (χ4n) is 7.62. The van der Waals surface area contributed by atoms with E-state index in [0.717, 1.165) is 10.9 Å². The van der Waals surface area contributed by atoms with E-state index in [4.69, 9.17) is 0 Å². The third-order valence-corrected chi connectivity index (χ3v) is 9.09. The molecule has 34 heavy (non-hydrogen) atoms. The average Bonchev–Trinajstić information content (AvgIpc) is 3.19. The molecule has 0 bridgehead atoms. The maximum absolute atomic E-state index is 10.3. The molecule has 3 aliphatic rings. The lowest BCUT2D eigenvalue weighted by molar-refractivity contribution is 0.621. The van der Waals surface area contributed by atoms with Crippen molar-refractivity contribution in [2.24, 2.45) is 0 Å². The summed E-state index contributed by atoms with van der Waals surface area (Å²) in [6.45, 7) is 9.66. The molecular formula is C31H23BN2. The summed E-state index contributed by atoms with van der Waals surface area (Å²) in [6.07, 6.45) is 0. The van der Waals surface area contributed by atoms with Crippen molar-refractivity contribution < 1.29 is 0 Å². The van der Waals surface area contributed by atoms with Gasteiger partial charge in [-0.25, -0.2) is 0 Å². The van der Waals surface area contributed by atoms with Crippen LogP contribution in [0.2, 0.25) is 0 Å². The van der Waals surface area contributed by atoms with E-state index in [2.05, 4.69) is 105 Å². The lowest BCUT2D eigenvalue weighted by atomic mass is 9.26. The van der Waals surface area contributed by atoms with E-state index in [-0.39, 0.29) is 17.5 Å². The van der Waals surface area contributed by atoms with Gasteiger partial charge in [0.25, 0.3) is 0 Å². The zero-order valence-corrected chi connectivity index (χ0v) is 19.8. The summed E-state index contributed by atoms with van der Waals surface area (Å²) >= 11 is 0. The number of para-hydroxylation sites is 1. The zero-order valence-electron chi connectivity index (χ0n) is 19.8. The maximum Gasteiger partial charge on any atom is 0.248 e. The molecule has 8 rings (SSSR count). The highest BCUT2D eigenvalue weighted by atomic mass is 15.0. The largest absolute Gasteiger partial charge is 0.310 e. The van der Waals surface area contributed by atoms with Crippen molar-refractivity contribution >= 4 is 44.9 Å². The number of nitriles is 1. The van der Waals surface area contributed by atoms with Crippen LogP contribution in [0.5, 0.6) is 0 Å². The molecule has 4 aromatic carbocycles. The minimum absolute atomic E-state index is 0.0764. The van der Waals surface area contributed by atoms with E-state index in [1.807, 2.05) is 0 Å². The molecule has 1 aromatic heterocycles. The second kappa shape index (κ2) is 5.48. The third-order valence-electron chi connectivity index (χ3n) is 9.09. The molecule has 0 saturated heterocycles. The highest BCUT2D eigenvalue weighted by Gasteiger charge is 2.51. The van der Waals surface area contributed by atoms with Crippen LogP contribution in [-0.2, 0) is 10.8 Å². The molecule has 0 aliphatic carbocycles. The lowest BCUT2D eigenvalue weighted by Crippen LogP contribution is -2.68. The van der Waals surface area contributed by atoms with Crippen LogP contribution in [0.15, 0.2) is 66.7 Å². The van der Waals surface area contributed by atoms with E-state index in [9.17, 15) is 5.26 Å². The SMILES string of the molecule is CC1(C)c2cccc3c2B2c4c1cccc4C(C)(C)c1cc(C#N)c4c5ccccc5n-3c4c12. The molecule has 0 N–H and O–H groups in total. The molecule has 0 fully saturated rings. The zero-order chi connectivity index (χ0) is 23.1. The number of hydrogen-bond acceptors (Lipinski definition) is 1. The quantitative estimate of drug-likeness (QED) is 0.317. The molecule has 0 unspecified atom stereocenters. The van der Waals surface area contributed by atoms with Gasteiger partial charge in [-0.1, -0.05) is 81.7 Å². The van der Waals surface area contributed by atoms with Gasteiger partial charge in [0.15, 0.2) is 0 Å². The molecule has 0 amide bonds. The van der Waals surface area contributed by atoms with Gasteiger partial charge in [0, 0.05) is 27.3 Å². The van der Waals surface area contributed by atoms with Crippen molar-refractivity contribution in [3.8, 4) is 11.8 Å². The minimum atomic E-state index is -0.182. The number of rotatable bonds is 0. The van der Waals surface area contributed by atoms with Gasteiger partial charge in [-0.3, -0.25) is 0 Å². The van der Waals surface area contributed by atoms with Crippen molar-refractivity contribution in [3.05, 3.63) is 94.5 Å². The summed E-state index contributed by atoms with van der Waals surface area (Å²) in [6, 6.07) is 27.1. The topological polar surface area (TPSA) is 28.7 Å². The van der Waals surface area contributed by atoms with Crippen molar-refractivity contribution in [2.75, 3.05) is 0 Å². The van der Waals surface area contributed by atoms with Gasteiger partial charge in [0.2, 0.25) is 6.71 Å². The van der Waals surface area contributed by atoms with Crippen molar-refractivity contribution in [2.45, 2.75) is 38.5 Å². The Bertz CT molecular complexity index is 1830. The number of aromatic nitrogens is 1. The predicted octanol–water partition coefficient (Wildman–Crippen LogP) is 4.76. The lowest BCUT2D eigenvalue weighted by Gasteiger charge is -2.48. The molecule has 0 atom stereocenters. The number of nitrogens with zero attached hydrogens (tertiary/aromatic N) is 2. The first kappa shape index (κ1) is 18.6. The van der Waals surface area contributed by atoms with Crippen LogP contribution in [0.25, 0.3) is 27.5 Å². The summed E-state index contributed by atoms with van der Waals surface area (Å²) in [5.74, 6) is 0. The van der Waals surface area contributed by atoms with Crippen LogP contribution in [0.1, 0.15) is 55.5 Å². The molecular weight excluding hydrogens is 411 g/mol. The molecule has 0 radical (unpaired) electrons. The molecule has 4 heterocycles. The molecule has 0 saturated carbocycles. The summed E-state index contributed by atoms with van der Waals surface area (Å²) in [7, 11) is 0. The van der Waals surface area contributed by atoms with Crippen LogP contribution in [0.3, 0.4) is 0 Å². The highest BCUT2D eigenvalue weighted by Crippen LogP contribution is 2.46. The normalized spacial score (nSPS) is 17.2. The van der Waals surface area contributed by atoms with Crippen LogP contribution >= 0.6 is 0 Å². The Morgan fingerprint density at radius 2 is 1.38 bits per heavy atom. The Hall–Kier alpha value is -3.77. The minimum Gasteiger partial charge on any atom is -0.310 e. The van der Waals surface area contributed by atoms with Gasteiger partial charge < -0.3 is 4.57 Å². The molecule has 5 aromatic rings. The van der Waals surface area contributed by atoms with Crippen molar-refractivity contribution in [3.63, 3.8) is 0 Å². The molecule has 160 valence electrons. The van der Waals surface area contributed by atoms with E-state index in [0.29, 0.717) is 0 Å². The first-order chi connectivity index (χ1) is 16.4. The van der Waals surface area contributed by atoms with E-state index in [1.165, 1.54) is 60.7 Å². The Morgan fingerprint density at radius 1 is 0.735 bits per heavy atom. The summed E-state index contributed by atoms with van der Waals surface area (Å²) in [5.41, 5.74) is 14.1. The number of benzene rings is 4. The van der Waals surface area contributed by atoms with Gasteiger partial charge in [-0.2, -0.15) is 5.26 Å². The second-order valence-corrected chi connectivity index (χ2v) is 11.3. The molecule has 2 nitrogen and oxygen atoms in total. The first-order valence-corrected chi connectivity index (χ1v) is 12.2. The van der Waals surface area contributed by atoms with Crippen molar-refractivity contribution in [1.82, 2.24) is 4.57 Å². The first-order valence-electron chi connectivity index (χ1n) is 12.2. The fraction of sp³-hybridized carbons (Fsp3) is 0.194. The van der Waals surface area contributed by atoms with Gasteiger partial charge >= 0.3 is 0 Å². The smallest absolute Gasteiger partial charge is 0.248 e. The van der Waals surface area contributed by atoms with Gasteiger partial charge in [-0.05, 0) is 51.4 Å². The molecule has 3 aliphatic heterocycles.